The molecule has 0 spiro atoms. The number of aliphatic hydroxyl groups is 8. The summed E-state index contributed by atoms with van der Waals surface area (Å²) in [6.07, 6.45) is -18.5. The molecule has 8 N–H and O–H groups in total. The van der Waals surface area contributed by atoms with Crippen molar-refractivity contribution in [3.8, 4) is 0 Å². The van der Waals surface area contributed by atoms with E-state index < -0.39 is 74.0 Å². The molecule has 1 aliphatic heterocycles. The average Bonchev–Trinajstić information content (AvgIpc) is 2.56. The van der Waals surface area contributed by atoms with Crippen molar-refractivity contribution in [2.75, 3.05) is 13.2 Å². The van der Waals surface area contributed by atoms with Gasteiger partial charge in [-0.05, 0) is 0 Å². The van der Waals surface area contributed by atoms with Gasteiger partial charge in [-0.15, -0.1) is 0 Å². The van der Waals surface area contributed by atoms with E-state index in [2.05, 4.69) is 0 Å². The number of carbonyl (C=O) groups excluding carboxylic acids is 1. The maximum Gasteiger partial charge on any atom is 0.201 e. The summed E-state index contributed by atoms with van der Waals surface area (Å²) in [5.41, 5.74) is 0. The molecule has 0 aromatic heterocycles. The summed E-state index contributed by atoms with van der Waals surface area (Å²) >= 11 is 0. The fraction of sp³-hybridized carbons (Fsp3) is 0.917. The van der Waals surface area contributed by atoms with E-state index in [1.807, 2.05) is 0 Å². The van der Waals surface area contributed by atoms with Crippen LogP contribution in [-0.4, -0.2) is 115 Å². The number of halogens is 1. The van der Waals surface area contributed by atoms with Crippen molar-refractivity contribution in [1.29, 1.82) is 0 Å². The van der Waals surface area contributed by atoms with Crippen molar-refractivity contribution in [1.82, 2.24) is 0 Å². The molecule has 1 unspecified atom stereocenters. The van der Waals surface area contributed by atoms with Crippen molar-refractivity contribution < 1.29 is 54.8 Å². The molecule has 1 fully saturated rings. The van der Waals surface area contributed by atoms with Crippen molar-refractivity contribution in [2.24, 2.45) is 0 Å². The van der Waals surface area contributed by atoms with Crippen LogP contribution in [0.15, 0.2) is 0 Å². The molecule has 23 heavy (non-hydrogen) atoms. The molecule has 136 valence electrons. The van der Waals surface area contributed by atoms with Crippen LogP contribution >= 0.6 is 0 Å². The number of carbonyl (C=O) groups is 1. The molecule has 0 radical (unpaired) electrons. The molecule has 1 saturated heterocycles. The van der Waals surface area contributed by atoms with Crippen molar-refractivity contribution in [2.45, 2.75) is 55.0 Å². The average molecular weight is 343 g/mol. The topological polar surface area (TPSA) is 188 Å². The van der Waals surface area contributed by atoms with E-state index in [0.29, 0.717) is 0 Å². The van der Waals surface area contributed by atoms with Crippen molar-refractivity contribution in [3.63, 3.8) is 0 Å². The van der Waals surface area contributed by atoms with Crippen molar-refractivity contribution >= 4 is 5.78 Å². The minimum absolute atomic E-state index is 0.833. The summed E-state index contributed by atoms with van der Waals surface area (Å²) in [4.78, 5) is 11.9. The number of alkyl halides is 1. The molecule has 0 saturated carbocycles. The zero-order valence-electron chi connectivity index (χ0n) is 11.9. The van der Waals surface area contributed by atoms with Gasteiger partial charge in [0, 0.05) is 0 Å². The van der Waals surface area contributed by atoms with Crippen LogP contribution in [0.3, 0.4) is 0 Å². The van der Waals surface area contributed by atoms with Gasteiger partial charge in [0.15, 0.2) is 6.17 Å². The first-order valence-corrected chi connectivity index (χ1v) is 6.80. The van der Waals surface area contributed by atoms with Crippen LogP contribution < -0.4 is 0 Å². The lowest BCUT2D eigenvalue weighted by molar-refractivity contribution is -0.229. The highest BCUT2D eigenvalue weighted by Crippen LogP contribution is 2.24. The van der Waals surface area contributed by atoms with Crippen LogP contribution in [0.2, 0.25) is 0 Å². The van der Waals surface area contributed by atoms with Gasteiger partial charge < -0.3 is 45.6 Å². The van der Waals surface area contributed by atoms with E-state index >= 15 is 0 Å². The van der Waals surface area contributed by atoms with Crippen LogP contribution in [0, 0.1) is 0 Å². The lowest BCUT2D eigenvalue weighted by Gasteiger charge is -2.40. The van der Waals surface area contributed by atoms with Crippen molar-refractivity contribution in [3.05, 3.63) is 0 Å². The number of Topliss-reactive ketones (excluding diaryl/α,β-unsaturated/α-hetero) is 1. The minimum atomic E-state index is -2.83. The molecule has 11 heteroatoms. The molecule has 9 atom stereocenters. The predicted octanol–water partition coefficient (Wildman–Crippen LogP) is -5.19. The lowest BCUT2D eigenvalue weighted by atomic mass is 9.89. The molecular weight excluding hydrogens is 322 g/mol. The van der Waals surface area contributed by atoms with Crippen LogP contribution in [0.5, 0.6) is 0 Å². The van der Waals surface area contributed by atoms with Gasteiger partial charge >= 0.3 is 0 Å². The van der Waals surface area contributed by atoms with Gasteiger partial charge in [-0.2, -0.15) is 0 Å². The number of ether oxygens (including phenoxy) is 1. The Hall–Kier alpha value is -0.760. The lowest BCUT2D eigenvalue weighted by Crippen LogP contribution is -2.62. The predicted molar refractivity (Wildman–Crippen MR) is 68.8 cm³/mol. The maximum absolute atomic E-state index is 14.0. The van der Waals surface area contributed by atoms with Crippen LogP contribution in [0.1, 0.15) is 0 Å². The Labute approximate surface area is 130 Å². The third-order valence-corrected chi connectivity index (χ3v) is 3.68. The van der Waals surface area contributed by atoms with Crippen LogP contribution in [0.4, 0.5) is 4.39 Å². The zero-order chi connectivity index (χ0) is 17.9. The Balaban J connectivity index is 2.85. The maximum atomic E-state index is 14.0. The van der Waals surface area contributed by atoms with Gasteiger partial charge in [-0.25, -0.2) is 4.39 Å². The third-order valence-electron chi connectivity index (χ3n) is 3.68. The number of hydrogen-bond donors (Lipinski definition) is 8. The van der Waals surface area contributed by atoms with Gasteiger partial charge in [0.25, 0.3) is 0 Å². The summed E-state index contributed by atoms with van der Waals surface area (Å²) in [5.74, 6) is -1.57. The monoisotopic (exact) mass is 343 g/mol. The Kier molecular flexibility index (Phi) is 7.38. The second-order valence-corrected chi connectivity index (χ2v) is 5.28. The van der Waals surface area contributed by atoms with Gasteiger partial charge in [0.05, 0.1) is 13.2 Å². The molecule has 0 aromatic carbocycles. The molecule has 1 aliphatic rings. The van der Waals surface area contributed by atoms with E-state index in [4.69, 9.17) is 20.1 Å². The first-order chi connectivity index (χ1) is 10.7. The summed E-state index contributed by atoms with van der Waals surface area (Å²) in [6.45, 7) is -1.83. The summed E-state index contributed by atoms with van der Waals surface area (Å²) < 4.78 is 18.8. The molecule has 1 heterocycles. The number of rotatable bonds is 7. The van der Waals surface area contributed by atoms with Gasteiger partial charge in [0.2, 0.25) is 5.78 Å². The fourth-order valence-electron chi connectivity index (χ4n) is 2.17. The Morgan fingerprint density at radius 3 is 2.04 bits per heavy atom. The second kappa shape index (κ2) is 8.37. The minimum Gasteiger partial charge on any atom is -0.394 e. The van der Waals surface area contributed by atoms with Gasteiger partial charge in [-0.3, -0.25) is 4.79 Å². The standard InChI is InChI=1S/C12H21FO10/c13-5(8(19)6(17)3(16)1-14)9(20)12-11(22)10(21)7(18)4(2-15)23-12/h3-8,10-12,14-19,21-22H,1-2H2/t3-,4-,5-,6-,7-,8-,10+,11+,12?/m1/s1/i13-1. The van der Waals surface area contributed by atoms with Crippen LogP contribution in [0.25, 0.3) is 0 Å². The third kappa shape index (κ3) is 4.21. The smallest absolute Gasteiger partial charge is 0.201 e. The first kappa shape index (κ1) is 20.3. The van der Waals surface area contributed by atoms with Gasteiger partial charge in [-0.1, -0.05) is 0 Å². The molecule has 0 aliphatic carbocycles. The van der Waals surface area contributed by atoms with E-state index in [9.17, 15) is 34.7 Å². The van der Waals surface area contributed by atoms with E-state index in [-0.39, 0.29) is 0 Å². The van der Waals surface area contributed by atoms with E-state index in [0.717, 1.165) is 0 Å². The number of ketones is 1. The molecule has 1 rings (SSSR count). The highest BCUT2D eigenvalue weighted by Gasteiger charge is 2.49. The Bertz CT molecular complexity index is 394. The number of hydrogen-bond acceptors (Lipinski definition) is 10. The highest BCUT2D eigenvalue weighted by atomic mass is 18.2. The van der Waals surface area contributed by atoms with E-state index in [1.54, 1.807) is 0 Å². The molecule has 0 bridgehead atoms. The first-order valence-electron chi connectivity index (χ1n) is 6.80. The number of aliphatic hydroxyl groups excluding tert-OH is 8. The zero-order valence-corrected chi connectivity index (χ0v) is 11.9. The molecule has 0 amide bonds. The van der Waals surface area contributed by atoms with E-state index in [1.165, 1.54) is 0 Å². The fourth-order valence-corrected chi connectivity index (χ4v) is 2.17. The van der Waals surface area contributed by atoms with Gasteiger partial charge in [0.1, 0.15) is 48.8 Å². The molecule has 0 aromatic rings. The normalized spacial score (nSPS) is 37.0. The quantitative estimate of drug-likeness (QED) is 0.222. The summed E-state index contributed by atoms with van der Waals surface area (Å²) in [7, 11) is 0. The highest BCUT2D eigenvalue weighted by molar-refractivity contribution is 5.88. The largest absolute Gasteiger partial charge is 0.394 e. The Morgan fingerprint density at radius 1 is 1.00 bits per heavy atom. The Morgan fingerprint density at radius 2 is 1.57 bits per heavy atom. The molecule has 10 nitrogen and oxygen atoms in total. The van der Waals surface area contributed by atoms with Crippen LogP contribution in [-0.2, 0) is 9.53 Å². The second-order valence-electron chi connectivity index (χ2n) is 5.28. The SMILES string of the molecule is O=C(C1O[C@H](CO)[C@@H](O)[C@H](O)[C@@H]1O)[C@H]([18F])[C@@H](O)[C@H](O)[C@H](O)CO. The molecular formula is C12H21FO10. The summed E-state index contributed by atoms with van der Waals surface area (Å²) in [6, 6.07) is 0. The summed E-state index contributed by atoms with van der Waals surface area (Å²) in [5, 5.41) is 74.3.